The summed E-state index contributed by atoms with van der Waals surface area (Å²) in [5.41, 5.74) is 1.29. The lowest BCUT2D eigenvalue weighted by atomic mass is 9.97. The number of nitrogens with zero attached hydrogens (tertiary/aromatic N) is 5. The van der Waals surface area contributed by atoms with E-state index in [2.05, 4.69) is 44.1 Å². The van der Waals surface area contributed by atoms with Crippen LogP contribution in [0.2, 0.25) is 0 Å². The summed E-state index contributed by atoms with van der Waals surface area (Å²) in [7, 11) is 0. The van der Waals surface area contributed by atoms with Crippen LogP contribution in [0.5, 0.6) is 0 Å². The van der Waals surface area contributed by atoms with E-state index in [1.165, 1.54) is 19.2 Å². The second-order valence-corrected chi connectivity index (χ2v) is 7.86. The minimum Gasteiger partial charge on any atom is -0.356 e. The normalized spacial score (nSPS) is 17.2. The highest BCUT2D eigenvalue weighted by Crippen LogP contribution is 2.29. The van der Waals surface area contributed by atoms with Gasteiger partial charge in [0.2, 0.25) is 5.91 Å². The summed E-state index contributed by atoms with van der Waals surface area (Å²) in [4.78, 5) is 26.0. The Morgan fingerprint density at radius 2 is 2.14 bits per heavy atom. The predicted molar refractivity (Wildman–Crippen MR) is 114 cm³/mol. The molecule has 0 saturated carbocycles. The van der Waals surface area contributed by atoms with Crippen molar-refractivity contribution in [2.24, 2.45) is 5.92 Å². The number of hydrogen-bond donors (Lipinski definition) is 1. The van der Waals surface area contributed by atoms with Crippen molar-refractivity contribution in [2.45, 2.75) is 52.9 Å². The molecule has 8 nitrogen and oxygen atoms in total. The van der Waals surface area contributed by atoms with Crippen LogP contribution in [0.1, 0.15) is 51.6 Å². The van der Waals surface area contributed by atoms with Gasteiger partial charge in [-0.1, -0.05) is 25.4 Å². The fraction of sp³-hybridized carbons (Fsp3) is 0.714. The van der Waals surface area contributed by atoms with E-state index in [4.69, 9.17) is 4.52 Å². The molecule has 160 valence electrons. The number of amides is 1. The summed E-state index contributed by atoms with van der Waals surface area (Å²) in [6.45, 7) is 11.9. The Hall–Kier alpha value is -2.22. The van der Waals surface area contributed by atoms with Gasteiger partial charge in [-0.05, 0) is 52.2 Å². The Morgan fingerprint density at radius 1 is 1.31 bits per heavy atom. The third kappa shape index (κ3) is 5.44. The lowest BCUT2D eigenvalue weighted by molar-refractivity contribution is -0.125. The molecule has 1 aliphatic rings. The number of carbonyl (C=O) groups excluding carboxylic acids is 1. The molecule has 0 aromatic carbocycles. The van der Waals surface area contributed by atoms with Gasteiger partial charge in [0, 0.05) is 19.6 Å². The van der Waals surface area contributed by atoms with Crippen LogP contribution < -0.4 is 10.2 Å². The average molecular weight is 403 g/mol. The molecule has 0 bridgehead atoms. The van der Waals surface area contributed by atoms with Gasteiger partial charge in [0.05, 0.1) is 11.6 Å². The van der Waals surface area contributed by atoms with E-state index in [9.17, 15) is 4.79 Å². The molecule has 2 aromatic rings. The number of rotatable bonds is 10. The van der Waals surface area contributed by atoms with E-state index in [0.29, 0.717) is 12.3 Å². The molecule has 1 aliphatic heterocycles. The molecular formula is C21H34N6O2. The third-order valence-corrected chi connectivity index (χ3v) is 5.74. The lowest BCUT2D eigenvalue weighted by Crippen LogP contribution is -2.44. The van der Waals surface area contributed by atoms with Crippen LogP contribution in [0.25, 0.3) is 11.1 Å². The van der Waals surface area contributed by atoms with Crippen LogP contribution in [0, 0.1) is 12.8 Å². The monoisotopic (exact) mass is 402 g/mol. The first kappa shape index (κ1) is 21.5. The SMILES string of the molecule is CCCCN(CC)CCCNC(=O)[C@H]1CCCN(c2ncnc3onc(C)c23)C1. The molecule has 1 N–H and O–H groups in total. The molecule has 0 unspecified atom stereocenters. The zero-order chi connectivity index (χ0) is 20.6. The van der Waals surface area contributed by atoms with Gasteiger partial charge in [-0.3, -0.25) is 4.79 Å². The first-order chi connectivity index (χ1) is 14.1. The molecule has 1 atom stereocenters. The Morgan fingerprint density at radius 3 is 2.93 bits per heavy atom. The molecule has 0 radical (unpaired) electrons. The second-order valence-electron chi connectivity index (χ2n) is 7.86. The van der Waals surface area contributed by atoms with Gasteiger partial charge < -0.3 is 19.6 Å². The summed E-state index contributed by atoms with van der Waals surface area (Å²) in [5, 5.41) is 8.00. The van der Waals surface area contributed by atoms with Gasteiger partial charge in [-0.15, -0.1) is 0 Å². The summed E-state index contributed by atoms with van der Waals surface area (Å²) in [6, 6.07) is 0. The van der Waals surface area contributed by atoms with Crippen molar-refractivity contribution < 1.29 is 9.32 Å². The number of fused-ring (bicyclic) bond motifs is 1. The van der Waals surface area contributed by atoms with Crippen molar-refractivity contribution in [3.63, 3.8) is 0 Å². The molecule has 1 fully saturated rings. The zero-order valence-electron chi connectivity index (χ0n) is 18.0. The van der Waals surface area contributed by atoms with Crippen LogP contribution in [0.3, 0.4) is 0 Å². The molecular weight excluding hydrogens is 368 g/mol. The van der Waals surface area contributed by atoms with Crippen molar-refractivity contribution in [1.29, 1.82) is 0 Å². The first-order valence-electron chi connectivity index (χ1n) is 11.0. The quantitative estimate of drug-likeness (QED) is 0.611. The first-order valence-corrected chi connectivity index (χ1v) is 11.0. The van der Waals surface area contributed by atoms with E-state index in [1.807, 2.05) is 6.92 Å². The Bertz CT molecular complexity index is 793. The highest BCUT2D eigenvalue weighted by atomic mass is 16.5. The molecule has 0 spiro atoms. The van der Waals surface area contributed by atoms with E-state index in [-0.39, 0.29) is 11.8 Å². The molecule has 0 aliphatic carbocycles. The molecule has 3 heterocycles. The van der Waals surface area contributed by atoms with Gasteiger partial charge >= 0.3 is 0 Å². The highest BCUT2D eigenvalue weighted by Gasteiger charge is 2.28. The van der Waals surface area contributed by atoms with Crippen molar-refractivity contribution in [3.8, 4) is 0 Å². The number of hydrogen-bond acceptors (Lipinski definition) is 7. The number of piperidine rings is 1. The smallest absolute Gasteiger partial charge is 0.263 e. The standard InChI is InChI=1S/C21H34N6O2/c1-4-6-11-26(5-2)12-8-10-22-20(28)17-9-7-13-27(14-17)19-18-16(3)25-29-21(18)24-15-23-19/h15,17H,4-14H2,1-3H3,(H,22,28)/t17-/m0/s1. The van der Waals surface area contributed by atoms with Crippen LogP contribution in [-0.2, 0) is 4.79 Å². The van der Waals surface area contributed by atoms with E-state index in [1.54, 1.807) is 0 Å². The van der Waals surface area contributed by atoms with Crippen LogP contribution >= 0.6 is 0 Å². The van der Waals surface area contributed by atoms with Crippen molar-refractivity contribution in [2.75, 3.05) is 44.2 Å². The van der Waals surface area contributed by atoms with Crippen LogP contribution in [0.15, 0.2) is 10.9 Å². The number of anilines is 1. The zero-order valence-corrected chi connectivity index (χ0v) is 18.0. The van der Waals surface area contributed by atoms with Crippen LogP contribution in [0.4, 0.5) is 5.82 Å². The van der Waals surface area contributed by atoms with Gasteiger partial charge in [-0.25, -0.2) is 4.98 Å². The maximum atomic E-state index is 12.7. The third-order valence-electron chi connectivity index (χ3n) is 5.74. The highest BCUT2D eigenvalue weighted by molar-refractivity contribution is 5.88. The summed E-state index contributed by atoms with van der Waals surface area (Å²) < 4.78 is 5.26. The van der Waals surface area contributed by atoms with Gasteiger partial charge in [0.1, 0.15) is 17.5 Å². The number of nitrogens with one attached hydrogen (secondary N) is 1. The minimum absolute atomic E-state index is 0.0173. The Kier molecular flexibility index (Phi) is 7.80. The van der Waals surface area contributed by atoms with E-state index < -0.39 is 0 Å². The average Bonchev–Trinajstić information content (AvgIpc) is 3.14. The van der Waals surface area contributed by atoms with Gasteiger partial charge in [0.15, 0.2) is 0 Å². The van der Waals surface area contributed by atoms with E-state index in [0.717, 1.165) is 68.9 Å². The maximum absolute atomic E-state index is 12.7. The fourth-order valence-electron chi connectivity index (χ4n) is 4.00. The fourth-order valence-corrected chi connectivity index (χ4v) is 4.00. The summed E-state index contributed by atoms with van der Waals surface area (Å²) in [6.07, 6.45) is 6.83. The topological polar surface area (TPSA) is 87.4 Å². The largest absolute Gasteiger partial charge is 0.356 e. The molecule has 8 heteroatoms. The summed E-state index contributed by atoms with van der Waals surface area (Å²) in [5.74, 6) is 0.954. The van der Waals surface area contributed by atoms with Crippen molar-refractivity contribution in [3.05, 3.63) is 12.0 Å². The molecule has 1 amide bonds. The number of aromatic nitrogens is 3. The van der Waals surface area contributed by atoms with Gasteiger partial charge in [0.25, 0.3) is 5.71 Å². The van der Waals surface area contributed by atoms with Gasteiger partial charge in [-0.2, -0.15) is 4.98 Å². The van der Waals surface area contributed by atoms with Crippen LogP contribution in [-0.4, -0.2) is 65.2 Å². The predicted octanol–water partition coefficient (Wildman–Crippen LogP) is 2.77. The maximum Gasteiger partial charge on any atom is 0.263 e. The molecule has 1 saturated heterocycles. The molecule has 2 aromatic heterocycles. The second kappa shape index (κ2) is 10.5. The Labute approximate surface area is 173 Å². The minimum atomic E-state index is -0.0173. The number of carbonyl (C=O) groups is 1. The number of aryl methyl sites for hydroxylation is 1. The summed E-state index contributed by atoms with van der Waals surface area (Å²) >= 11 is 0. The lowest BCUT2D eigenvalue weighted by Gasteiger charge is -2.33. The number of unbranched alkanes of at least 4 members (excludes halogenated alkanes) is 1. The Balaban J connectivity index is 1.51. The molecule has 3 rings (SSSR count). The van der Waals surface area contributed by atoms with Crippen molar-refractivity contribution >= 4 is 22.8 Å². The molecule has 29 heavy (non-hydrogen) atoms. The van der Waals surface area contributed by atoms with E-state index >= 15 is 0 Å². The van der Waals surface area contributed by atoms with Crippen molar-refractivity contribution in [1.82, 2.24) is 25.3 Å².